The summed E-state index contributed by atoms with van der Waals surface area (Å²) in [6, 6.07) is 0. The second-order valence-corrected chi connectivity index (χ2v) is 6.97. The van der Waals surface area contributed by atoms with Crippen LogP contribution in [0.4, 0.5) is 0 Å². The first-order chi connectivity index (χ1) is 8.27. The quantitative estimate of drug-likeness (QED) is 0.573. The normalized spacial score (nSPS) is 15.7. The van der Waals surface area contributed by atoms with Crippen LogP contribution < -0.4 is 5.32 Å². The zero-order valence-electron chi connectivity index (χ0n) is 13.3. The van der Waals surface area contributed by atoms with Crippen molar-refractivity contribution in [3.05, 3.63) is 0 Å². The summed E-state index contributed by atoms with van der Waals surface area (Å²) in [6.45, 7) is 11.3. The Bertz CT molecular complexity index is 194. The van der Waals surface area contributed by atoms with E-state index < -0.39 is 5.60 Å². The number of β-amino-alcohol motifs (C(OH)–C–C–N with tert-alkyl or cyclic N) is 1. The van der Waals surface area contributed by atoms with E-state index in [1.54, 1.807) is 0 Å². The van der Waals surface area contributed by atoms with Crippen LogP contribution in [0.2, 0.25) is 0 Å². The Kier molecular flexibility index (Phi) is 8.89. The number of unbranched alkanes of at least 4 members (excludes halogenated alkanes) is 6. The molecule has 1 unspecified atom stereocenters. The highest BCUT2D eigenvalue weighted by atomic mass is 16.3. The Labute approximate surface area is 115 Å². The molecule has 18 heavy (non-hydrogen) atoms. The maximum absolute atomic E-state index is 10.3. The average molecular weight is 257 g/mol. The number of rotatable bonds is 10. The molecule has 0 aromatic rings. The monoisotopic (exact) mass is 257 g/mol. The summed E-state index contributed by atoms with van der Waals surface area (Å²) in [6.07, 6.45) is 10.0. The van der Waals surface area contributed by atoms with E-state index in [4.69, 9.17) is 0 Å². The topological polar surface area (TPSA) is 32.3 Å². The maximum Gasteiger partial charge on any atom is 0.0743 e. The number of aliphatic hydroxyl groups is 1. The van der Waals surface area contributed by atoms with Crippen molar-refractivity contribution in [2.75, 3.05) is 6.54 Å². The fraction of sp³-hybridized carbons (Fsp3) is 1.00. The molecule has 0 aliphatic heterocycles. The van der Waals surface area contributed by atoms with Gasteiger partial charge in [0.2, 0.25) is 0 Å². The van der Waals surface area contributed by atoms with E-state index in [1.807, 2.05) is 6.92 Å². The van der Waals surface area contributed by atoms with Crippen molar-refractivity contribution in [3.63, 3.8) is 0 Å². The molecule has 0 saturated heterocycles. The highest BCUT2D eigenvalue weighted by Gasteiger charge is 2.22. The SMILES string of the molecule is CCCCCCCCCC(C)(O)CNC(C)(C)C. The zero-order valence-corrected chi connectivity index (χ0v) is 13.3. The molecule has 0 aromatic carbocycles. The standard InChI is InChI=1S/C16H35NO/c1-6-7-8-9-10-11-12-13-16(5,18)14-17-15(2,3)4/h17-18H,6-14H2,1-5H3. The smallest absolute Gasteiger partial charge is 0.0743 e. The summed E-state index contributed by atoms with van der Waals surface area (Å²) in [4.78, 5) is 0. The Morgan fingerprint density at radius 2 is 1.33 bits per heavy atom. The molecule has 0 rings (SSSR count). The van der Waals surface area contributed by atoms with Crippen molar-refractivity contribution in [3.8, 4) is 0 Å². The van der Waals surface area contributed by atoms with Gasteiger partial charge in [-0.2, -0.15) is 0 Å². The van der Waals surface area contributed by atoms with Crippen LogP contribution in [0.3, 0.4) is 0 Å². The molecule has 0 aliphatic carbocycles. The van der Waals surface area contributed by atoms with Gasteiger partial charge in [0.1, 0.15) is 0 Å². The van der Waals surface area contributed by atoms with Gasteiger partial charge in [0.25, 0.3) is 0 Å². The number of nitrogens with one attached hydrogen (secondary N) is 1. The van der Waals surface area contributed by atoms with Crippen molar-refractivity contribution in [2.45, 2.75) is 97.1 Å². The average Bonchev–Trinajstić information content (AvgIpc) is 2.25. The van der Waals surface area contributed by atoms with Crippen molar-refractivity contribution < 1.29 is 5.11 Å². The van der Waals surface area contributed by atoms with Crippen LogP contribution >= 0.6 is 0 Å². The molecule has 0 aromatic heterocycles. The molecule has 0 fully saturated rings. The molecule has 0 radical (unpaired) electrons. The van der Waals surface area contributed by atoms with Crippen LogP contribution in [-0.4, -0.2) is 22.8 Å². The van der Waals surface area contributed by atoms with E-state index in [2.05, 4.69) is 33.0 Å². The van der Waals surface area contributed by atoms with Gasteiger partial charge in [-0.05, 0) is 34.1 Å². The van der Waals surface area contributed by atoms with E-state index in [0.29, 0.717) is 6.54 Å². The minimum Gasteiger partial charge on any atom is -0.389 e. The van der Waals surface area contributed by atoms with Gasteiger partial charge in [0.05, 0.1) is 5.60 Å². The molecular formula is C16H35NO. The van der Waals surface area contributed by atoms with Gasteiger partial charge in [0.15, 0.2) is 0 Å². The Balaban J connectivity index is 3.52. The van der Waals surface area contributed by atoms with Crippen LogP contribution in [0.5, 0.6) is 0 Å². The van der Waals surface area contributed by atoms with Gasteiger partial charge in [-0.1, -0.05) is 51.9 Å². The molecule has 0 spiro atoms. The first kappa shape index (κ1) is 17.9. The first-order valence-electron chi connectivity index (χ1n) is 7.74. The summed E-state index contributed by atoms with van der Waals surface area (Å²) in [5.74, 6) is 0. The van der Waals surface area contributed by atoms with Crippen molar-refractivity contribution >= 4 is 0 Å². The maximum atomic E-state index is 10.3. The minimum atomic E-state index is -0.559. The fourth-order valence-electron chi connectivity index (χ4n) is 2.01. The molecule has 2 nitrogen and oxygen atoms in total. The summed E-state index contributed by atoms with van der Waals surface area (Å²) >= 11 is 0. The molecule has 0 bridgehead atoms. The number of hydrogen-bond acceptors (Lipinski definition) is 2. The lowest BCUT2D eigenvalue weighted by atomic mass is 9.96. The van der Waals surface area contributed by atoms with E-state index in [0.717, 1.165) is 12.8 Å². The third-order valence-electron chi connectivity index (χ3n) is 3.32. The van der Waals surface area contributed by atoms with Crippen LogP contribution in [0.1, 0.15) is 86.0 Å². The lowest BCUT2D eigenvalue weighted by Gasteiger charge is -2.29. The van der Waals surface area contributed by atoms with Crippen molar-refractivity contribution in [1.82, 2.24) is 5.32 Å². The van der Waals surface area contributed by atoms with E-state index in [9.17, 15) is 5.11 Å². The molecular weight excluding hydrogens is 222 g/mol. The van der Waals surface area contributed by atoms with E-state index >= 15 is 0 Å². The fourth-order valence-corrected chi connectivity index (χ4v) is 2.01. The highest BCUT2D eigenvalue weighted by Crippen LogP contribution is 2.16. The molecule has 2 heteroatoms. The summed E-state index contributed by atoms with van der Waals surface area (Å²) < 4.78 is 0. The van der Waals surface area contributed by atoms with Crippen LogP contribution in [-0.2, 0) is 0 Å². The summed E-state index contributed by atoms with van der Waals surface area (Å²) in [5.41, 5.74) is -0.471. The van der Waals surface area contributed by atoms with Crippen LogP contribution in [0.15, 0.2) is 0 Å². The Morgan fingerprint density at radius 1 is 0.833 bits per heavy atom. The highest BCUT2D eigenvalue weighted by molar-refractivity contribution is 4.80. The first-order valence-corrected chi connectivity index (χ1v) is 7.74. The minimum absolute atomic E-state index is 0.0874. The molecule has 110 valence electrons. The lowest BCUT2D eigenvalue weighted by Crippen LogP contribution is -2.46. The second kappa shape index (κ2) is 8.92. The lowest BCUT2D eigenvalue weighted by molar-refractivity contribution is 0.0419. The van der Waals surface area contributed by atoms with Crippen molar-refractivity contribution in [1.29, 1.82) is 0 Å². The predicted molar refractivity (Wildman–Crippen MR) is 81.0 cm³/mol. The molecule has 1 atom stereocenters. The van der Waals surface area contributed by atoms with Crippen LogP contribution in [0, 0.1) is 0 Å². The molecule has 0 saturated carbocycles. The van der Waals surface area contributed by atoms with E-state index in [1.165, 1.54) is 38.5 Å². The van der Waals surface area contributed by atoms with Gasteiger partial charge >= 0.3 is 0 Å². The summed E-state index contributed by atoms with van der Waals surface area (Å²) in [5, 5.41) is 13.6. The van der Waals surface area contributed by atoms with Gasteiger partial charge in [-0.25, -0.2) is 0 Å². The second-order valence-electron chi connectivity index (χ2n) is 6.97. The largest absolute Gasteiger partial charge is 0.389 e. The third-order valence-corrected chi connectivity index (χ3v) is 3.32. The predicted octanol–water partition coefficient (Wildman–Crippen LogP) is 4.27. The molecule has 2 N–H and O–H groups in total. The van der Waals surface area contributed by atoms with E-state index in [-0.39, 0.29) is 5.54 Å². The molecule has 0 aliphatic rings. The summed E-state index contributed by atoms with van der Waals surface area (Å²) in [7, 11) is 0. The van der Waals surface area contributed by atoms with Gasteiger partial charge < -0.3 is 10.4 Å². The molecule has 0 amide bonds. The number of hydrogen-bond donors (Lipinski definition) is 2. The van der Waals surface area contributed by atoms with Crippen LogP contribution in [0.25, 0.3) is 0 Å². The van der Waals surface area contributed by atoms with Gasteiger partial charge in [0, 0.05) is 12.1 Å². The Hall–Kier alpha value is -0.0800. The third kappa shape index (κ3) is 12.4. The zero-order chi connectivity index (χ0) is 14.1. The van der Waals surface area contributed by atoms with Gasteiger partial charge in [-0.3, -0.25) is 0 Å². The van der Waals surface area contributed by atoms with Crippen molar-refractivity contribution in [2.24, 2.45) is 0 Å². The molecule has 0 heterocycles. The Morgan fingerprint density at radius 3 is 1.83 bits per heavy atom. The van der Waals surface area contributed by atoms with Gasteiger partial charge in [-0.15, -0.1) is 0 Å².